The van der Waals surface area contributed by atoms with E-state index in [9.17, 15) is 18.0 Å². The second-order valence-electron chi connectivity index (χ2n) is 9.32. The maximum atomic E-state index is 13.1. The first-order chi connectivity index (χ1) is 16.4. The van der Waals surface area contributed by atoms with Gasteiger partial charge in [-0.15, -0.1) is 0 Å². The van der Waals surface area contributed by atoms with E-state index in [-0.39, 0.29) is 35.8 Å². The average molecular weight is 476 g/mol. The second kappa shape index (κ2) is 9.50. The molecule has 2 aliphatic heterocycles. The number of nitrogens with one attached hydrogen (secondary N) is 2. The maximum Gasteiger partial charge on any atom is 0.416 e. The molecule has 1 atom stereocenters. The summed E-state index contributed by atoms with van der Waals surface area (Å²) in [7, 11) is 0. The van der Waals surface area contributed by atoms with Crippen LogP contribution in [0.1, 0.15) is 31.2 Å². The Labute approximate surface area is 195 Å². The van der Waals surface area contributed by atoms with Gasteiger partial charge in [-0.2, -0.15) is 13.2 Å². The lowest BCUT2D eigenvalue weighted by molar-refractivity contribution is -0.137. The molecule has 1 saturated carbocycles. The number of alkyl halides is 3. The van der Waals surface area contributed by atoms with Crippen molar-refractivity contribution in [2.24, 2.45) is 5.92 Å². The topological polar surface area (TPSA) is 79.4 Å². The lowest BCUT2D eigenvalue weighted by Gasteiger charge is -2.47. The average Bonchev–Trinajstić information content (AvgIpc) is 3.34. The van der Waals surface area contributed by atoms with Gasteiger partial charge in [0.1, 0.15) is 12.1 Å². The van der Waals surface area contributed by atoms with Crippen LogP contribution in [0.15, 0.2) is 36.7 Å². The third-order valence-corrected chi connectivity index (χ3v) is 7.09. The minimum atomic E-state index is -4.46. The van der Waals surface area contributed by atoms with Gasteiger partial charge in [-0.1, -0.05) is 12.2 Å². The number of amides is 1. The number of nitrogens with zero attached hydrogens (tertiary/aromatic N) is 3. The Kier molecular flexibility index (Phi) is 6.44. The third kappa shape index (κ3) is 5.02. The molecule has 0 spiro atoms. The number of aromatic nitrogens is 2. The van der Waals surface area contributed by atoms with Crippen molar-refractivity contribution in [3.8, 4) is 0 Å². The van der Waals surface area contributed by atoms with Crippen molar-refractivity contribution < 1.29 is 22.7 Å². The van der Waals surface area contributed by atoms with Crippen molar-refractivity contribution >= 4 is 22.6 Å². The van der Waals surface area contributed by atoms with Crippen molar-refractivity contribution in [3.63, 3.8) is 0 Å². The predicted octanol–water partition coefficient (Wildman–Crippen LogP) is 3.37. The molecule has 1 amide bonds. The summed E-state index contributed by atoms with van der Waals surface area (Å²) in [5, 5.41) is 6.09. The van der Waals surface area contributed by atoms with Crippen LogP contribution in [0.4, 0.5) is 19.0 Å². The highest BCUT2D eigenvalue weighted by molar-refractivity contribution is 5.91. The van der Waals surface area contributed by atoms with Crippen LogP contribution in [-0.4, -0.2) is 65.2 Å². The molecule has 0 radical (unpaired) electrons. The van der Waals surface area contributed by atoms with Crippen LogP contribution in [0.2, 0.25) is 0 Å². The Bertz CT molecular complexity index is 1060. The van der Waals surface area contributed by atoms with Crippen LogP contribution < -0.4 is 10.6 Å². The van der Waals surface area contributed by atoms with Crippen LogP contribution in [0, 0.1) is 5.92 Å². The summed E-state index contributed by atoms with van der Waals surface area (Å²) >= 11 is 0. The van der Waals surface area contributed by atoms with E-state index in [1.54, 1.807) is 0 Å². The fourth-order valence-electron chi connectivity index (χ4n) is 5.22. The SMILES string of the molecule is O=C(CNc1ncnc2ccc(C(F)(F)F)cc12)NC1CN([C@H]2CC[C@@H](C3C=CCO3)CC2)C1. The quantitative estimate of drug-likeness (QED) is 0.624. The van der Waals surface area contributed by atoms with E-state index in [0.717, 1.165) is 44.7 Å². The summed E-state index contributed by atoms with van der Waals surface area (Å²) in [5.41, 5.74) is -0.399. The van der Waals surface area contributed by atoms with Gasteiger partial charge in [0.2, 0.25) is 5.91 Å². The maximum absolute atomic E-state index is 13.1. The standard InChI is InChI=1S/C24H28F3N5O2/c25-24(26,27)16-5-8-20-19(10-16)23(30-14-29-20)28-11-22(33)31-17-12-32(13-17)18-6-3-15(4-7-18)21-2-1-9-34-21/h1-2,5,8,10,14-15,17-18,21H,3-4,6-7,9,11-13H2,(H,31,33)(H,28,29,30)/t15-,18+,21?. The normalized spacial score (nSPS) is 25.9. The zero-order valence-electron chi connectivity index (χ0n) is 18.7. The zero-order valence-corrected chi connectivity index (χ0v) is 18.7. The minimum absolute atomic E-state index is 0.0706. The van der Waals surface area contributed by atoms with Gasteiger partial charge in [0, 0.05) is 24.5 Å². The predicted molar refractivity (Wildman–Crippen MR) is 121 cm³/mol. The first kappa shape index (κ1) is 23.0. The van der Waals surface area contributed by atoms with Gasteiger partial charge in [-0.25, -0.2) is 9.97 Å². The Morgan fingerprint density at radius 2 is 1.94 bits per heavy atom. The van der Waals surface area contributed by atoms with Gasteiger partial charge < -0.3 is 15.4 Å². The van der Waals surface area contributed by atoms with Gasteiger partial charge in [0.25, 0.3) is 0 Å². The van der Waals surface area contributed by atoms with Gasteiger partial charge >= 0.3 is 6.18 Å². The molecule has 34 heavy (non-hydrogen) atoms. The summed E-state index contributed by atoms with van der Waals surface area (Å²) in [6, 6.07) is 3.94. The molecule has 3 aliphatic rings. The first-order valence-corrected chi connectivity index (χ1v) is 11.7. The number of hydrogen-bond donors (Lipinski definition) is 2. The molecule has 3 heterocycles. The largest absolute Gasteiger partial charge is 0.416 e. The molecule has 1 aliphatic carbocycles. The van der Waals surface area contributed by atoms with Gasteiger partial charge in [-0.3, -0.25) is 9.69 Å². The summed E-state index contributed by atoms with van der Waals surface area (Å²) in [4.78, 5) is 22.9. The molecule has 2 N–H and O–H groups in total. The second-order valence-corrected chi connectivity index (χ2v) is 9.32. The van der Waals surface area contributed by atoms with E-state index in [4.69, 9.17) is 4.74 Å². The fourth-order valence-corrected chi connectivity index (χ4v) is 5.22. The number of carbonyl (C=O) groups excluding carboxylic acids is 1. The highest BCUT2D eigenvalue weighted by Crippen LogP contribution is 2.34. The first-order valence-electron chi connectivity index (χ1n) is 11.7. The Morgan fingerprint density at radius 1 is 1.15 bits per heavy atom. The van der Waals surface area contributed by atoms with Crippen LogP contribution in [-0.2, 0) is 15.7 Å². The molecule has 1 saturated heterocycles. The van der Waals surface area contributed by atoms with Crippen molar-refractivity contribution in [3.05, 3.63) is 42.2 Å². The summed E-state index contributed by atoms with van der Waals surface area (Å²) in [6.45, 7) is 2.31. The molecule has 10 heteroatoms. The van der Waals surface area contributed by atoms with Crippen LogP contribution in [0.25, 0.3) is 10.9 Å². The Morgan fingerprint density at radius 3 is 2.65 bits per heavy atom. The molecule has 1 aromatic heterocycles. The smallest absolute Gasteiger partial charge is 0.370 e. The molecule has 5 rings (SSSR count). The summed E-state index contributed by atoms with van der Waals surface area (Å²) in [5.74, 6) is 0.611. The fraction of sp³-hybridized carbons (Fsp3) is 0.542. The molecule has 7 nitrogen and oxygen atoms in total. The van der Waals surface area contributed by atoms with Crippen molar-refractivity contribution in [2.45, 2.75) is 50.0 Å². The van der Waals surface area contributed by atoms with Gasteiger partial charge in [0.15, 0.2) is 0 Å². The van der Waals surface area contributed by atoms with Crippen LogP contribution in [0.3, 0.4) is 0 Å². The monoisotopic (exact) mass is 475 g/mol. The van der Waals surface area contributed by atoms with Crippen molar-refractivity contribution in [2.75, 3.05) is 31.6 Å². The zero-order chi connectivity index (χ0) is 23.7. The molecular formula is C24H28F3N5O2. The number of anilines is 1. The number of likely N-dealkylation sites (tertiary alicyclic amines) is 1. The van der Waals surface area contributed by atoms with Crippen molar-refractivity contribution in [1.82, 2.24) is 20.2 Å². The highest BCUT2D eigenvalue weighted by atomic mass is 19.4. The summed E-state index contributed by atoms with van der Waals surface area (Å²) < 4.78 is 45.0. The number of fused-ring (bicyclic) bond motifs is 1. The molecular weight excluding hydrogens is 447 g/mol. The van der Waals surface area contributed by atoms with E-state index >= 15 is 0 Å². The molecule has 1 aromatic carbocycles. The Hall–Kier alpha value is -2.72. The van der Waals surface area contributed by atoms with E-state index in [1.807, 2.05) is 0 Å². The number of hydrogen-bond acceptors (Lipinski definition) is 6. The highest BCUT2D eigenvalue weighted by Gasteiger charge is 2.37. The number of benzene rings is 1. The lowest BCUT2D eigenvalue weighted by Crippen LogP contribution is -2.63. The molecule has 182 valence electrons. The molecule has 0 bridgehead atoms. The van der Waals surface area contributed by atoms with Gasteiger partial charge in [0.05, 0.1) is 36.4 Å². The number of halogens is 3. The van der Waals surface area contributed by atoms with Crippen LogP contribution >= 0.6 is 0 Å². The lowest BCUT2D eigenvalue weighted by atomic mass is 9.81. The van der Waals surface area contributed by atoms with E-state index < -0.39 is 11.7 Å². The Balaban J connectivity index is 1.08. The van der Waals surface area contributed by atoms with E-state index in [0.29, 0.717) is 17.5 Å². The summed E-state index contributed by atoms with van der Waals surface area (Å²) in [6.07, 6.45) is 6.01. The van der Waals surface area contributed by atoms with Crippen LogP contribution in [0.5, 0.6) is 0 Å². The molecule has 2 fully saturated rings. The molecule has 2 aromatic rings. The number of rotatable bonds is 6. The minimum Gasteiger partial charge on any atom is -0.370 e. The number of ether oxygens (including phenoxy) is 1. The molecule has 1 unspecified atom stereocenters. The van der Waals surface area contributed by atoms with Gasteiger partial charge in [-0.05, 0) is 49.8 Å². The van der Waals surface area contributed by atoms with Crippen molar-refractivity contribution in [1.29, 1.82) is 0 Å². The van der Waals surface area contributed by atoms with E-state index in [2.05, 4.69) is 37.7 Å². The third-order valence-electron chi connectivity index (χ3n) is 7.09. The number of carbonyl (C=O) groups is 1. The van der Waals surface area contributed by atoms with E-state index in [1.165, 1.54) is 25.2 Å².